The van der Waals surface area contributed by atoms with E-state index in [2.05, 4.69) is 9.97 Å². The van der Waals surface area contributed by atoms with Crippen molar-refractivity contribution in [2.24, 2.45) is 0 Å². The topological polar surface area (TPSA) is 86.4 Å². The SMILES string of the molecule is CCN(Cc1nc2ccccc2c(=O)[nH]1)C(=O)CN1CCCCC1=O. The van der Waals surface area contributed by atoms with Crippen LogP contribution < -0.4 is 5.56 Å². The highest BCUT2D eigenvalue weighted by Crippen LogP contribution is 2.11. The lowest BCUT2D eigenvalue weighted by molar-refractivity contribution is -0.142. The van der Waals surface area contributed by atoms with Crippen molar-refractivity contribution in [3.05, 3.63) is 40.4 Å². The Hall–Kier alpha value is -2.70. The number of rotatable bonds is 5. The standard InChI is InChI=1S/C18H22N4O3/c1-2-21(17(24)12-22-10-6-5-9-16(22)23)11-15-19-14-8-4-3-7-13(14)18(25)20-15/h3-4,7-8H,2,5-6,9-12H2,1H3,(H,19,20,25). The fourth-order valence-corrected chi connectivity index (χ4v) is 3.06. The molecule has 0 bridgehead atoms. The quantitative estimate of drug-likeness (QED) is 0.887. The molecule has 1 aliphatic rings. The monoisotopic (exact) mass is 342 g/mol. The van der Waals surface area contributed by atoms with E-state index >= 15 is 0 Å². The number of hydrogen-bond donors (Lipinski definition) is 1. The Morgan fingerprint density at radius 3 is 2.84 bits per heavy atom. The molecule has 2 heterocycles. The van der Waals surface area contributed by atoms with Gasteiger partial charge < -0.3 is 14.8 Å². The summed E-state index contributed by atoms with van der Waals surface area (Å²) in [5.74, 6) is 0.352. The zero-order valence-corrected chi connectivity index (χ0v) is 14.3. The Balaban J connectivity index is 1.74. The van der Waals surface area contributed by atoms with E-state index in [1.54, 1.807) is 28.0 Å². The minimum atomic E-state index is -0.213. The zero-order chi connectivity index (χ0) is 17.8. The molecule has 0 radical (unpaired) electrons. The summed E-state index contributed by atoms with van der Waals surface area (Å²) in [6, 6.07) is 7.11. The summed E-state index contributed by atoms with van der Waals surface area (Å²) in [5, 5.41) is 0.527. The average molecular weight is 342 g/mol. The minimum Gasteiger partial charge on any atom is -0.334 e. The lowest BCUT2D eigenvalue weighted by atomic mass is 10.1. The van der Waals surface area contributed by atoms with Gasteiger partial charge in [0, 0.05) is 19.5 Å². The molecule has 0 atom stereocenters. The zero-order valence-electron chi connectivity index (χ0n) is 14.3. The molecule has 7 nitrogen and oxygen atoms in total. The number of aromatic nitrogens is 2. The molecular formula is C18H22N4O3. The number of likely N-dealkylation sites (N-methyl/N-ethyl adjacent to an activating group) is 1. The first-order valence-electron chi connectivity index (χ1n) is 8.62. The first-order valence-corrected chi connectivity index (χ1v) is 8.62. The van der Waals surface area contributed by atoms with E-state index in [1.807, 2.05) is 13.0 Å². The summed E-state index contributed by atoms with van der Waals surface area (Å²) in [7, 11) is 0. The van der Waals surface area contributed by atoms with Gasteiger partial charge in [-0.25, -0.2) is 4.98 Å². The number of amides is 2. The molecule has 2 aromatic rings. The Bertz CT molecular complexity index is 846. The molecule has 25 heavy (non-hydrogen) atoms. The third-order valence-corrected chi connectivity index (χ3v) is 4.48. The van der Waals surface area contributed by atoms with Crippen LogP contribution in [0.15, 0.2) is 29.1 Å². The van der Waals surface area contributed by atoms with Crippen molar-refractivity contribution in [1.29, 1.82) is 0 Å². The van der Waals surface area contributed by atoms with Gasteiger partial charge >= 0.3 is 0 Å². The number of benzene rings is 1. The smallest absolute Gasteiger partial charge is 0.258 e. The maximum Gasteiger partial charge on any atom is 0.258 e. The van der Waals surface area contributed by atoms with Gasteiger partial charge in [0.05, 0.1) is 24.0 Å². The van der Waals surface area contributed by atoms with Crippen LogP contribution >= 0.6 is 0 Å². The molecule has 0 unspecified atom stereocenters. The maximum atomic E-state index is 12.6. The number of hydrogen-bond acceptors (Lipinski definition) is 4. The van der Waals surface area contributed by atoms with Gasteiger partial charge in [0.2, 0.25) is 11.8 Å². The number of para-hydroxylation sites is 1. The van der Waals surface area contributed by atoms with Crippen LogP contribution in [0.1, 0.15) is 32.0 Å². The molecule has 1 aromatic carbocycles. The van der Waals surface area contributed by atoms with E-state index in [0.29, 0.717) is 36.2 Å². The molecule has 3 rings (SSSR count). The Morgan fingerprint density at radius 2 is 2.08 bits per heavy atom. The van der Waals surface area contributed by atoms with Crippen LogP contribution in [0.4, 0.5) is 0 Å². The van der Waals surface area contributed by atoms with Crippen LogP contribution in [0.5, 0.6) is 0 Å². The van der Waals surface area contributed by atoms with Crippen molar-refractivity contribution < 1.29 is 9.59 Å². The van der Waals surface area contributed by atoms with Crippen molar-refractivity contribution >= 4 is 22.7 Å². The first-order chi connectivity index (χ1) is 12.1. The number of fused-ring (bicyclic) bond motifs is 1. The van der Waals surface area contributed by atoms with Gasteiger partial charge in [-0.2, -0.15) is 0 Å². The number of carbonyl (C=O) groups is 2. The van der Waals surface area contributed by atoms with Crippen LogP contribution in [-0.4, -0.2) is 51.2 Å². The Morgan fingerprint density at radius 1 is 1.28 bits per heavy atom. The third-order valence-electron chi connectivity index (χ3n) is 4.48. The maximum absolute atomic E-state index is 12.6. The minimum absolute atomic E-state index is 0.0351. The van der Waals surface area contributed by atoms with Crippen molar-refractivity contribution in [2.45, 2.75) is 32.7 Å². The van der Waals surface area contributed by atoms with Gasteiger partial charge in [-0.1, -0.05) is 12.1 Å². The highest BCUT2D eigenvalue weighted by atomic mass is 16.2. The van der Waals surface area contributed by atoms with Crippen molar-refractivity contribution in [2.75, 3.05) is 19.6 Å². The second-order valence-corrected chi connectivity index (χ2v) is 6.21. The van der Waals surface area contributed by atoms with Gasteiger partial charge in [0.15, 0.2) is 0 Å². The molecule has 7 heteroatoms. The summed E-state index contributed by atoms with van der Waals surface area (Å²) in [6.45, 7) is 3.29. The molecule has 0 saturated carbocycles. The first kappa shape index (κ1) is 17.1. The summed E-state index contributed by atoms with van der Waals surface area (Å²) in [5.41, 5.74) is 0.395. The number of nitrogens with one attached hydrogen (secondary N) is 1. The molecule has 1 fully saturated rings. The third kappa shape index (κ3) is 3.87. The second-order valence-electron chi connectivity index (χ2n) is 6.21. The van der Waals surface area contributed by atoms with Crippen LogP contribution in [0, 0.1) is 0 Å². The molecule has 1 N–H and O–H groups in total. The molecule has 0 aliphatic carbocycles. The largest absolute Gasteiger partial charge is 0.334 e. The van der Waals surface area contributed by atoms with Crippen LogP contribution in [0.25, 0.3) is 10.9 Å². The fourth-order valence-electron chi connectivity index (χ4n) is 3.06. The number of aromatic amines is 1. The molecule has 0 spiro atoms. The van der Waals surface area contributed by atoms with E-state index < -0.39 is 0 Å². The number of carbonyl (C=O) groups excluding carboxylic acids is 2. The van der Waals surface area contributed by atoms with Crippen LogP contribution in [-0.2, 0) is 16.1 Å². The van der Waals surface area contributed by atoms with E-state index in [9.17, 15) is 14.4 Å². The van der Waals surface area contributed by atoms with E-state index in [0.717, 1.165) is 12.8 Å². The average Bonchev–Trinajstić information content (AvgIpc) is 2.61. The fraction of sp³-hybridized carbons (Fsp3) is 0.444. The lowest BCUT2D eigenvalue weighted by Gasteiger charge is -2.29. The molecule has 1 saturated heterocycles. The summed E-state index contributed by atoms with van der Waals surface area (Å²) in [4.78, 5) is 47.0. The highest BCUT2D eigenvalue weighted by Gasteiger charge is 2.23. The number of H-pyrrole nitrogens is 1. The number of likely N-dealkylation sites (tertiary alicyclic amines) is 1. The number of nitrogens with zero attached hydrogens (tertiary/aromatic N) is 3. The summed E-state index contributed by atoms with van der Waals surface area (Å²) >= 11 is 0. The van der Waals surface area contributed by atoms with Crippen molar-refractivity contribution in [3.63, 3.8) is 0 Å². The summed E-state index contributed by atoms with van der Waals surface area (Å²) in [6.07, 6.45) is 2.34. The molecule has 2 amide bonds. The molecular weight excluding hydrogens is 320 g/mol. The van der Waals surface area contributed by atoms with Crippen LogP contribution in [0.2, 0.25) is 0 Å². The van der Waals surface area contributed by atoms with E-state index in [1.165, 1.54) is 0 Å². The van der Waals surface area contributed by atoms with E-state index in [-0.39, 0.29) is 30.5 Å². The lowest BCUT2D eigenvalue weighted by Crippen LogP contribution is -2.44. The predicted molar refractivity (Wildman–Crippen MR) is 93.9 cm³/mol. The Kier molecular flexibility index (Phi) is 5.11. The second kappa shape index (κ2) is 7.46. The van der Waals surface area contributed by atoms with E-state index in [4.69, 9.17) is 0 Å². The number of piperidine rings is 1. The summed E-state index contributed by atoms with van der Waals surface area (Å²) < 4.78 is 0. The van der Waals surface area contributed by atoms with Gasteiger partial charge in [0.25, 0.3) is 5.56 Å². The van der Waals surface area contributed by atoms with Crippen molar-refractivity contribution in [3.8, 4) is 0 Å². The van der Waals surface area contributed by atoms with Crippen molar-refractivity contribution in [1.82, 2.24) is 19.8 Å². The predicted octanol–water partition coefficient (Wildman–Crippen LogP) is 1.28. The van der Waals surface area contributed by atoms with Gasteiger partial charge in [-0.3, -0.25) is 14.4 Å². The highest BCUT2D eigenvalue weighted by molar-refractivity contribution is 5.85. The Labute approximate surface area is 145 Å². The molecule has 1 aromatic heterocycles. The van der Waals surface area contributed by atoms with Crippen LogP contribution in [0.3, 0.4) is 0 Å². The van der Waals surface area contributed by atoms with Gasteiger partial charge in [-0.15, -0.1) is 0 Å². The van der Waals surface area contributed by atoms with Gasteiger partial charge in [0.1, 0.15) is 5.82 Å². The molecule has 1 aliphatic heterocycles. The molecule has 132 valence electrons. The normalized spacial score (nSPS) is 14.8. The van der Waals surface area contributed by atoms with Gasteiger partial charge in [-0.05, 0) is 31.9 Å².